The van der Waals surface area contributed by atoms with Crippen LogP contribution in [0.5, 0.6) is 0 Å². The number of carboxylic acids is 1. The maximum Gasteiger partial charge on any atom is 0.338 e. The highest BCUT2D eigenvalue weighted by molar-refractivity contribution is 5.93. The van der Waals surface area contributed by atoms with Crippen molar-refractivity contribution in [2.75, 3.05) is 25.5 Å². The Morgan fingerprint density at radius 3 is 2.58 bits per heavy atom. The van der Waals surface area contributed by atoms with E-state index >= 15 is 0 Å². The molecule has 7 heteroatoms. The van der Waals surface area contributed by atoms with Crippen LogP contribution >= 0.6 is 0 Å². The molecular weight excluding hydrogens is 337 g/mol. The summed E-state index contributed by atoms with van der Waals surface area (Å²) in [5.74, 6) is -2.22. The molecule has 2 amide bonds. The van der Waals surface area contributed by atoms with Gasteiger partial charge in [-0.25, -0.2) is 14.0 Å². The number of carbonyl (C=O) groups is 2. The van der Waals surface area contributed by atoms with E-state index in [2.05, 4.69) is 27.7 Å². The number of nitrogens with one attached hydrogen (secondary N) is 2. The van der Waals surface area contributed by atoms with Gasteiger partial charge < -0.3 is 20.6 Å². The Balaban J connectivity index is 1.70. The van der Waals surface area contributed by atoms with Gasteiger partial charge >= 0.3 is 12.0 Å². The molecule has 2 rings (SSSR count). The van der Waals surface area contributed by atoms with E-state index in [9.17, 15) is 14.0 Å². The van der Waals surface area contributed by atoms with Crippen molar-refractivity contribution in [2.45, 2.75) is 13.0 Å². The molecule has 6 nitrogen and oxygen atoms in total. The van der Waals surface area contributed by atoms with Crippen LogP contribution in [0.1, 0.15) is 22.3 Å². The van der Waals surface area contributed by atoms with E-state index in [-0.39, 0.29) is 5.69 Å². The summed E-state index contributed by atoms with van der Waals surface area (Å²) in [4.78, 5) is 24.9. The van der Waals surface area contributed by atoms with Crippen LogP contribution in [0, 0.1) is 5.82 Å². The average molecular weight is 359 g/mol. The number of halogens is 1. The molecule has 0 atom stereocenters. The number of hydrogen-bond donors (Lipinski definition) is 3. The van der Waals surface area contributed by atoms with Gasteiger partial charge in [-0.3, -0.25) is 0 Å². The molecule has 0 aromatic heterocycles. The van der Waals surface area contributed by atoms with Crippen molar-refractivity contribution < 1.29 is 19.1 Å². The molecule has 3 N–H and O–H groups in total. The van der Waals surface area contributed by atoms with Crippen LogP contribution in [0.25, 0.3) is 0 Å². The third-order valence-corrected chi connectivity index (χ3v) is 3.75. The Morgan fingerprint density at radius 1 is 1.15 bits per heavy atom. The smallest absolute Gasteiger partial charge is 0.338 e. The minimum absolute atomic E-state index is 0.225. The van der Waals surface area contributed by atoms with Crippen molar-refractivity contribution in [3.63, 3.8) is 0 Å². The molecule has 0 bridgehead atoms. The number of benzene rings is 2. The summed E-state index contributed by atoms with van der Waals surface area (Å²) in [7, 11) is 2.01. The number of carbonyl (C=O) groups excluding carboxylic acids is 1. The Hall–Kier alpha value is -2.93. The summed E-state index contributed by atoms with van der Waals surface area (Å²) < 4.78 is 13.3. The third-order valence-electron chi connectivity index (χ3n) is 3.75. The summed E-state index contributed by atoms with van der Waals surface area (Å²) in [6.45, 7) is 2.12. The first-order valence-corrected chi connectivity index (χ1v) is 8.26. The normalized spacial score (nSPS) is 10.6. The van der Waals surface area contributed by atoms with Gasteiger partial charge in [-0.15, -0.1) is 0 Å². The highest BCUT2D eigenvalue weighted by Gasteiger charge is 2.12. The lowest BCUT2D eigenvalue weighted by Crippen LogP contribution is -2.31. The topological polar surface area (TPSA) is 81.7 Å². The van der Waals surface area contributed by atoms with Gasteiger partial charge in [0.15, 0.2) is 0 Å². The van der Waals surface area contributed by atoms with Crippen LogP contribution in [0.3, 0.4) is 0 Å². The standard InChI is InChI=1S/C19H22FN3O3/c1-23(13-14-6-3-2-4-7-14)11-5-10-21-19(26)22-15-8-9-17(20)16(12-15)18(24)25/h2-4,6-9,12H,5,10-11,13H2,1H3,(H,24,25)(H2,21,22,26). The van der Waals surface area contributed by atoms with Crippen molar-refractivity contribution in [3.05, 3.63) is 65.5 Å². The Bertz CT molecular complexity index is 753. The lowest BCUT2D eigenvalue weighted by atomic mass is 10.2. The summed E-state index contributed by atoms with van der Waals surface area (Å²) in [5, 5.41) is 14.1. The van der Waals surface area contributed by atoms with Gasteiger partial charge in [0.1, 0.15) is 5.82 Å². The van der Waals surface area contributed by atoms with Gasteiger partial charge in [-0.1, -0.05) is 30.3 Å². The van der Waals surface area contributed by atoms with Gasteiger partial charge in [0, 0.05) is 18.8 Å². The number of rotatable bonds is 8. The molecule has 0 saturated carbocycles. The van der Waals surface area contributed by atoms with E-state index < -0.39 is 23.4 Å². The minimum atomic E-state index is -1.38. The highest BCUT2D eigenvalue weighted by Crippen LogP contribution is 2.14. The van der Waals surface area contributed by atoms with Gasteiger partial charge in [0.05, 0.1) is 5.56 Å². The zero-order chi connectivity index (χ0) is 18.9. The monoisotopic (exact) mass is 359 g/mol. The van der Waals surface area contributed by atoms with E-state index in [1.165, 1.54) is 11.6 Å². The van der Waals surface area contributed by atoms with Crippen molar-refractivity contribution in [3.8, 4) is 0 Å². The number of carboxylic acid groups (broad SMARTS) is 1. The van der Waals surface area contributed by atoms with Gasteiger partial charge in [-0.2, -0.15) is 0 Å². The average Bonchev–Trinajstić information content (AvgIpc) is 2.61. The van der Waals surface area contributed by atoms with E-state index in [1.807, 2.05) is 25.2 Å². The minimum Gasteiger partial charge on any atom is -0.478 e. The lowest BCUT2D eigenvalue weighted by molar-refractivity contribution is 0.0692. The molecule has 2 aromatic carbocycles. The van der Waals surface area contributed by atoms with Crippen LogP contribution in [0.4, 0.5) is 14.9 Å². The second kappa shape index (κ2) is 9.53. The number of urea groups is 1. The Kier molecular flexibility index (Phi) is 7.11. The Labute approximate surface area is 151 Å². The van der Waals surface area contributed by atoms with Crippen molar-refractivity contribution in [2.24, 2.45) is 0 Å². The number of aromatic carboxylic acids is 1. The molecule has 0 heterocycles. The van der Waals surface area contributed by atoms with E-state index in [1.54, 1.807) is 0 Å². The van der Waals surface area contributed by atoms with Crippen LogP contribution < -0.4 is 10.6 Å². The van der Waals surface area contributed by atoms with Crippen LogP contribution in [0.2, 0.25) is 0 Å². The predicted octanol–water partition coefficient (Wildman–Crippen LogP) is 3.17. The second-order valence-corrected chi connectivity index (χ2v) is 5.96. The first-order valence-electron chi connectivity index (χ1n) is 8.26. The van der Waals surface area contributed by atoms with E-state index in [4.69, 9.17) is 5.11 Å². The molecule has 0 saturated heterocycles. The molecule has 0 fully saturated rings. The van der Waals surface area contributed by atoms with Crippen LogP contribution in [-0.2, 0) is 6.54 Å². The number of nitrogens with zero attached hydrogens (tertiary/aromatic N) is 1. The molecule has 2 aromatic rings. The van der Waals surface area contributed by atoms with Crippen molar-refractivity contribution in [1.29, 1.82) is 0 Å². The summed E-state index contributed by atoms with van der Waals surface area (Å²) >= 11 is 0. The van der Waals surface area contributed by atoms with Crippen molar-refractivity contribution >= 4 is 17.7 Å². The number of amides is 2. The molecule has 26 heavy (non-hydrogen) atoms. The molecular formula is C19H22FN3O3. The van der Waals surface area contributed by atoms with E-state index in [0.717, 1.165) is 31.6 Å². The van der Waals surface area contributed by atoms with Gasteiger partial charge in [-0.05, 0) is 43.8 Å². The molecule has 0 aliphatic rings. The quantitative estimate of drug-likeness (QED) is 0.633. The summed E-state index contributed by atoms with van der Waals surface area (Å²) in [6.07, 6.45) is 0.764. The summed E-state index contributed by atoms with van der Waals surface area (Å²) in [5.41, 5.74) is 0.971. The first kappa shape index (κ1) is 19.4. The molecule has 0 unspecified atom stereocenters. The van der Waals surface area contributed by atoms with Gasteiger partial charge in [0.25, 0.3) is 0 Å². The van der Waals surface area contributed by atoms with Crippen molar-refractivity contribution in [1.82, 2.24) is 10.2 Å². The fourth-order valence-corrected chi connectivity index (χ4v) is 2.47. The van der Waals surface area contributed by atoms with Crippen LogP contribution in [-0.4, -0.2) is 42.1 Å². The highest BCUT2D eigenvalue weighted by atomic mass is 19.1. The zero-order valence-electron chi connectivity index (χ0n) is 14.5. The zero-order valence-corrected chi connectivity index (χ0v) is 14.5. The molecule has 0 radical (unpaired) electrons. The largest absolute Gasteiger partial charge is 0.478 e. The molecule has 0 aliphatic carbocycles. The Morgan fingerprint density at radius 2 is 1.88 bits per heavy atom. The molecule has 0 aliphatic heterocycles. The number of hydrogen-bond acceptors (Lipinski definition) is 3. The maximum absolute atomic E-state index is 13.3. The second-order valence-electron chi connectivity index (χ2n) is 5.96. The predicted molar refractivity (Wildman–Crippen MR) is 97.8 cm³/mol. The van der Waals surface area contributed by atoms with E-state index in [0.29, 0.717) is 6.54 Å². The summed E-state index contributed by atoms with van der Waals surface area (Å²) in [6, 6.07) is 13.1. The number of anilines is 1. The fraction of sp³-hybridized carbons (Fsp3) is 0.263. The van der Waals surface area contributed by atoms with Crippen LogP contribution in [0.15, 0.2) is 48.5 Å². The maximum atomic E-state index is 13.3. The van der Waals surface area contributed by atoms with Gasteiger partial charge in [0.2, 0.25) is 0 Å². The molecule has 0 spiro atoms. The lowest BCUT2D eigenvalue weighted by Gasteiger charge is -2.16. The first-order chi connectivity index (χ1) is 12.5. The fourth-order valence-electron chi connectivity index (χ4n) is 2.47. The third kappa shape index (κ3) is 6.18. The SMILES string of the molecule is CN(CCCNC(=O)Nc1ccc(F)c(C(=O)O)c1)Cc1ccccc1. The molecule has 138 valence electrons.